The molecule has 0 aliphatic carbocycles. The second kappa shape index (κ2) is 6.28. The van der Waals surface area contributed by atoms with E-state index in [0.717, 1.165) is 24.1 Å². The first-order valence-electron chi connectivity index (χ1n) is 8.14. The number of hydrogen-bond donors (Lipinski definition) is 2. The van der Waals surface area contributed by atoms with Crippen molar-refractivity contribution < 1.29 is 4.79 Å². The highest BCUT2D eigenvalue weighted by Gasteiger charge is 2.22. The number of nitrogens with one attached hydrogen (secondary N) is 2. The van der Waals surface area contributed by atoms with E-state index in [-0.39, 0.29) is 5.91 Å². The van der Waals surface area contributed by atoms with Gasteiger partial charge in [-0.3, -0.25) is 9.89 Å². The van der Waals surface area contributed by atoms with E-state index in [9.17, 15) is 4.79 Å². The molecule has 0 radical (unpaired) electrons. The van der Waals surface area contributed by atoms with Crippen molar-refractivity contribution in [2.75, 3.05) is 19.6 Å². The number of pyridine rings is 1. The second-order valence-corrected chi connectivity index (χ2v) is 6.21. The lowest BCUT2D eigenvalue weighted by molar-refractivity contribution is 0.0943. The van der Waals surface area contributed by atoms with Crippen LogP contribution in [-0.4, -0.2) is 50.0 Å². The third kappa shape index (κ3) is 3.04. The van der Waals surface area contributed by atoms with E-state index in [1.54, 1.807) is 17.3 Å². The van der Waals surface area contributed by atoms with Crippen LogP contribution in [0.5, 0.6) is 0 Å². The Kier molecular flexibility index (Phi) is 3.82. The number of carbonyl (C=O) groups excluding carboxylic acids is 1. The number of fused-ring (bicyclic) bond motifs is 1. The molecule has 3 aromatic rings. The summed E-state index contributed by atoms with van der Waals surface area (Å²) in [5.74, 6) is 0.122. The molecule has 1 fully saturated rings. The van der Waals surface area contributed by atoms with E-state index in [1.807, 2.05) is 28.9 Å². The molecule has 3 aromatic heterocycles. The van der Waals surface area contributed by atoms with Crippen LogP contribution in [0.1, 0.15) is 16.9 Å². The van der Waals surface area contributed by atoms with E-state index >= 15 is 0 Å². The van der Waals surface area contributed by atoms with Gasteiger partial charge in [-0.25, -0.2) is 4.98 Å². The van der Waals surface area contributed by atoms with Gasteiger partial charge in [-0.1, -0.05) is 0 Å². The SMILES string of the molecule is N#CN1CCC(CNC(=O)c2cn3cc(-c4cn[nH]c4)ccc3n2)C1. The highest BCUT2D eigenvalue weighted by atomic mass is 16.1. The summed E-state index contributed by atoms with van der Waals surface area (Å²) >= 11 is 0. The molecule has 0 spiro atoms. The number of nitrogens with zero attached hydrogens (tertiary/aromatic N) is 5. The molecule has 1 atom stereocenters. The van der Waals surface area contributed by atoms with Crippen molar-refractivity contribution in [3.05, 3.63) is 42.6 Å². The maximum Gasteiger partial charge on any atom is 0.271 e. The first-order valence-corrected chi connectivity index (χ1v) is 8.14. The van der Waals surface area contributed by atoms with Crippen molar-refractivity contribution in [2.45, 2.75) is 6.42 Å². The Morgan fingerprint density at radius 2 is 2.32 bits per heavy atom. The number of amides is 1. The van der Waals surface area contributed by atoms with Gasteiger partial charge in [0.05, 0.1) is 6.20 Å². The van der Waals surface area contributed by atoms with Crippen LogP contribution < -0.4 is 5.32 Å². The summed E-state index contributed by atoms with van der Waals surface area (Å²) in [5.41, 5.74) is 3.08. The molecule has 2 N–H and O–H groups in total. The number of hydrogen-bond acceptors (Lipinski definition) is 5. The maximum absolute atomic E-state index is 12.4. The number of aromatic nitrogens is 4. The zero-order valence-electron chi connectivity index (χ0n) is 13.5. The lowest BCUT2D eigenvalue weighted by atomic mass is 10.1. The number of nitriles is 1. The van der Waals surface area contributed by atoms with Crippen LogP contribution in [0.15, 0.2) is 36.9 Å². The fourth-order valence-corrected chi connectivity index (χ4v) is 3.10. The smallest absolute Gasteiger partial charge is 0.271 e. The highest BCUT2D eigenvalue weighted by Crippen LogP contribution is 2.19. The number of imidazole rings is 1. The van der Waals surface area contributed by atoms with E-state index in [4.69, 9.17) is 5.26 Å². The molecule has 1 amide bonds. The quantitative estimate of drug-likeness (QED) is 0.699. The summed E-state index contributed by atoms with van der Waals surface area (Å²) in [4.78, 5) is 18.5. The fourth-order valence-electron chi connectivity index (χ4n) is 3.10. The molecule has 4 rings (SSSR count). The molecule has 8 nitrogen and oxygen atoms in total. The van der Waals surface area contributed by atoms with Gasteiger partial charge >= 0.3 is 0 Å². The zero-order valence-corrected chi connectivity index (χ0v) is 13.5. The standard InChI is InChI=1S/C17H17N7O/c18-11-23-4-3-12(8-23)5-19-17(25)15-10-24-9-13(1-2-16(24)22-15)14-6-20-21-7-14/h1-2,6-7,9-10,12H,3-5,8H2,(H,19,25)(H,20,21). The summed E-state index contributed by atoms with van der Waals surface area (Å²) in [6.45, 7) is 2.03. The number of carbonyl (C=O) groups is 1. The predicted molar refractivity (Wildman–Crippen MR) is 90.4 cm³/mol. The number of likely N-dealkylation sites (tertiary alicyclic amines) is 1. The summed E-state index contributed by atoms with van der Waals surface area (Å²) in [6.07, 6.45) is 10.3. The minimum absolute atomic E-state index is 0.191. The molecule has 1 saturated heterocycles. The molecule has 0 saturated carbocycles. The number of aromatic amines is 1. The van der Waals surface area contributed by atoms with Gasteiger partial charge in [-0.15, -0.1) is 0 Å². The van der Waals surface area contributed by atoms with Crippen LogP contribution in [-0.2, 0) is 0 Å². The predicted octanol–water partition coefficient (Wildman–Crippen LogP) is 1.26. The van der Waals surface area contributed by atoms with Gasteiger partial charge in [0.1, 0.15) is 11.3 Å². The zero-order chi connectivity index (χ0) is 17.2. The topological polar surface area (TPSA) is 102 Å². The van der Waals surface area contributed by atoms with Gasteiger partial charge in [0.25, 0.3) is 5.91 Å². The highest BCUT2D eigenvalue weighted by molar-refractivity contribution is 5.92. The molecule has 0 bridgehead atoms. The maximum atomic E-state index is 12.4. The molecule has 1 aliphatic rings. The van der Waals surface area contributed by atoms with Crippen LogP contribution >= 0.6 is 0 Å². The average Bonchev–Trinajstić information content (AvgIpc) is 3.38. The summed E-state index contributed by atoms with van der Waals surface area (Å²) in [7, 11) is 0. The first kappa shape index (κ1) is 15.2. The molecule has 1 unspecified atom stereocenters. The van der Waals surface area contributed by atoms with Gasteiger partial charge in [-0.2, -0.15) is 10.4 Å². The molecule has 25 heavy (non-hydrogen) atoms. The monoisotopic (exact) mass is 335 g/mol. The van der Waals surface area contributed by atoms with E-state index in [2.05, 4.69) is 26.7 Å². The van der Waals surface area contributed by atoms with Gasteiger partial charge in [0, 0.05) is 49.4 Å². The average molecular weight is 335 g/mol. The third-order valence-corrected chi connectivity index (χ3v) is 4.49. The molecule has 126 valence electrons. The first-order chi connectivity index (χ1) is 12.2. The van der Waals surface area contributed by atoms with E-state index in [1.165, 1.54) is 0 Å². The van der Waals surface area contributed by atoms with Gasteiger partial charge < -0.3 is 14.6 Å². The van der Waals surface area contributed by atoms with E-state index in [0.29, 0.717) is 30.3 Å². The van der Waals surface area contributed by atoms with Crippen molar-refractivity contribution in [1.82, 2.24) is 29.8 Å². The van der Waals surface area contributed by atoms with Gasteiger partial charge in [0.15, 0.2) is 6.19 Å². The number of rotatable bonds is 4. The Bertz CT molecular complexity index is 938. The van der Waals surface area contributed by atoms with Crippen molar-refractivity contribution in [3.8, 4) is 17.3 Å². The van der Waals surface area contributed by atoms with Crippen molar-refractivity contribution in [3.63, 3.8) is 0 Å². The summed E-state index contributed by atoms with van der Waals surface area (Å²) in [5, 5.41) is 18.5. The van der Waals surface area contributed by atoms with E-state index < -0.39 is 0 Å². The van der Waals surface area contributed by atoms with Crippen molar-refractivity contribution >= 4 is 11.6 Å². The molecule has 0 aromatic carbocycles. The fraction of sp³-hybridized carbons (Fsp3) is 0.294. The minimum atomic E-state index is -0.191. The molecular weight excluding hydrogens is 318 g/mol. The van der Waals surface area contributed by atoms with Crippen LogP contribution in [0.3, 0.4) is 0 Å². The molecule has 4 heterocycles. The third-order valence-electron chi connectivity index (χ3n) is 4.49. The van der Waals surface area contributed by atoms with Crippen molar-refractivity contribution in [2.24, 2.45) is 5.92 Å². The van der Waals surface area contributed by atoms with Crippen LogP contribution in [0.4, 0.5) is 0 Å². The summed E-state index contributed by atoms with van der Waals surface area (Å²) in [6, 6.07) is 3.82. The molecule has 8 heteroatoms. The van der Waals surface area contributed by atoms with Crippen molar-refractivity contribution in [1.29, 1.82) is 5.26 Å². The second-order valence-electron chi connectivity index (χ2n) is 6.21. The van der Waals surface area contributed by atoms with Crippen LogP contribution in [0, 0.1) is 17.4 Å². The summed E-state index contributed by atoms with van der Waals surface area (Å²) < 4.78 is 1.84. The number of H-pyrrole nitrogens is 1. The lowest BCUT2D eigenvalue weighted by Crippen LogP contribution is -2.30. The molecule has 1 aliphatic heterocycles. The normalized spacial score (nSPS) is 16.9. The van der Waals surface area contributed by atoms with Gasteiger partial charge in [0.2, 0.25) is 0 Å². The van der Waals surface area contributed by atoms with Gasteiger partial charge in [-0.05, 0) is 24.5 Å². The Hall–Kier alpha value is -3.34. The van der Waals surface area contributed by atoms with Crippen LogP contribution in [0.25, 0.3) is 16.8 Å². The largest absolute Gasteiger partial charge is 0.350 e. The Morgan fingerprint density at radius 1 is 1.40 bits per heavy atom. The lowest BCUT2D eigenvalue weighted by Gasteiger charge is -2.10. The molecular formula is C17H17N7O. The van der Waals surface area contributed by atoms with Crippen LogP contribution in [0.2, 0.25) is 0 Å². The minimum Gasteiger partial charge on any atom is -0.350 e. The Labute approximate surface area is 144 Å². The Balaban J connectivity index is 1.46. The Morgan fingerprint density at radius 3 is 3.08 bits per heavy atom.